The van der Waals surface area contributed by atoms with E-state index in [9.17, 15) is 14.7 Å². The van der Waals surface area contributed by atoms with Gasteiger partial charge in [0.15, 0.2) is 17.4 Å². The molecule has 12 heteroatoms. The van der Waals surface area contributed by atoms with Gasteiger partial charge in [-0.3, -0.25) is 14.3 Å². The first-order valence-electron chi connectivity index (χ1n) is 14.2. The number of ether oxygens (including phenoxy) is 1. The molecule has 0 saturated carbocycles. The number of halogens is 3. The lowest BCUT2D eigenvalue weighted by molar-refractivity contribution is -0.127. The molecule has 228 valence electrons. The average Bonchev–Trinajstić information content (AvgIpc) is 3.14. The number of pyridine rings is 1. The Kier molecular flexibility index (Phi) is 7.10. The Hall–Kier alpha value is -4.87. The third-order valence-electron chi connectivity index (χ3n) is 8.25. The normalized spacial score (nSPS) is 17.8. The highest BCUT2D eigenvalue weighted by molar-refractivity contribution is 6.01. The second-order valence-corrected chi connectivity index (χ2v) is 11.4. The number of phenolic OH excluding ortho intramolecular Hbond substituents is 1. The van der Waals surface area contributed by atoms with Crippen molar-refractivity contribution in [3.05, 3.63) is 82.3 Å². The highest BCUT2D eigenvalue weighted by atomic mass is 19.1. The molecule has 2 aromatic carbocycles. The topological polar surface area (TPSA) is 101 Å². The van der Waals surface area contributed by atoms with Gasteiger partial charge in [0.05, 0.1) is 33.9 Å². The predicted octanol–water partition coefficient (Wildman–Crippen LogP) is 4.99. The summed E-state index contributed by atoms with van der Waals surface area (Å²) < 4.78 is 56.0. The summed E-state index contributed by atoms with van der Waals surface area (Å²) in [6, 6.07) is 3.91. The molecule has 4 aromatic rings. The van der Waals surface area contributed by atoms with Crippen molar-refractivity contribution in [2.75, 3.05) is 24.6 Å². The fourth-order valence-corrected chi connectivity index (χ4v) is 6.35. The number of nitrogens with zero attached hydrogens (tertiary/aromatic N) is 5. The minimum absolute atomic E-state index is 0.0216. The van der Waals surface area contributed by atoms with Crippen LogP contribution < -0.4 is 15.3 Å². The van der Waals surface area contributed by atoms with Crippen molar-refractivity contribution in [3.63, 3.8) is 0 Å². The van der Waals surface area contributed by atoms with Crippen LogP contribution in [0.15, 0.2) is 47.9 Å². The molecule has 2 aliphatic rings. The number of hydrogen-bond donors (Lipinski definition) is 1. The molecule has 0 radical (unpaired) electrons. The first kappa shape index (κ1) is 29.2. The smallest absolute Gasteiger partial charge is 0.354 e. The number of piperazine rings is 1. The highest BCUT2D eigenvalue weighted by Crippen LogP contribution is 2.47. The fourth-order valence-electron chi connectivity index (χ4n) is 6.35. The van der Waals surface area contributed by atoms with Crippen molar-refractivity contribution < 1.29 is 27.8 Å². The van der Waals surface area contributed by atoms with Crippen LogP contribution in [0, 0.1) is 24.4 Å². The lowest BCUT2D eigenvalue weighted by atomic mass is 9.98. The van der Waals surface area contributed by atoms with Crippen molar-refractivity contribution >= 4 is 22.6 Å². The SMILES string of the molecule is C=CC(=O)N1CC(C)N2c3nc(=O)n(-c4c(C)ccnc4C(C)C)c4c(F)c(-c5c(O)cccc5F)c(F)c(c34)OCC2C1. The maximum atomic E-state index is 17.1. The van der Waals surface area contributed by atoms with E-state index in [0.29, 0.717) is 11.3 Å². The summed E-state index contributed by atoms with van der Waals surface area (Å²) in [6.07, 6.45) is 2.76. The van der Waals surface area contributed by atoms with Crippen LogP contribution in [0.4, 0.5) is 19.0 Å². The van der Waals surface area contributed by atoms with Crippen LogP contribution in [-0.4, -0.2) is 62.2 Å². The molecule has 2 atom stereocenters. The number of aryl methyl sites for hydroxylation is 1. The molecule has 0 aliphatic carbocycles. The van der Waals surface area contributed by atoms with E-state index in [1.54, 1.807) is 35.9 Å². The lowest BCUT2D eigenvalue weighted by Crippen LogP contribution is -2.61. The van der Waals surface area contributed by atoms with Crippen LogP contribution in [0.3, 0.4) is 0 Å². The van der Waals surface area contributed by atoms with E-state index in [2.05, 4.69) is 16.5 Å². The molecule has 2 unspecified atom stereocenters. The maximum absolute atomic E-state index is 17.1. The third kappa shape index (κ3) is 4.30. The molecule has 2 aromatic heterocycles. The molecule has 1 fully saturated rings. The van der Waals surface area contributed by atoms with Crippen molar-refractivity contribution in [1.82, 2.24) is 19.4 Å². The van der Waals surface area contributed by atoms with E-state index in [0.717, 1.165) is 16.7 Å². The molecule has 44 heavy (non-hydrogen) atoms. The van der Waals surface area contributed by atoms with E-state index in [-0.39, 0.29) is 48.4 Å². The predicted molar refractivity (Wildman–Crippen MR) is 159 cm³/mol. The molecular formula is C32H30F3N5O4. The van der Waals surface area contributed by atoms with E-state index in [4.69, 9.17) is 4.74 Å². The minimum Gasteiger partial charge on any atom is -0.507 e. The maximum Gasteiger partial charge on any atom is 0.354 e. The van der Waals surface area contributed by atoms with E-state index in [1.165, 1.54) is 12.1 Å². The van der Waals surface area contributed by atoms with Gasteiger partial charge in [0.25, 0.3) is 0 Å². The molecule has 0 bridgehead atoms. The van der Waals surface area contributed by atoms with E-state index >= 15 is 13.2 Å². The standard InChI is InChI=1S/C32H30F3N5O4/c1-6-21(42)38-12-17(5)39-18(13-38)14-44-30-24-29(25(34)23(26(30)35)22-19(33)8-7-9-20(22)41)40(32(43)37-31(24)39)28-16(4)10-11-36-27(28)15(2)3/h6-11,15,17-18,41H,1,12-14H2,2-5H3. The van der Waals surface area contributed by atoms with Crippen molar-refractivity contribution in [1.29, 1.82) is 0 Å². The molecule has 1 saturated heterocycles. The monoisotopic (exact) mass is 605 g/mol. The van der Waals surface area contributed by atoms with Crippen LogP contribution in [-0.2, 0) is 4.79 Å². The molecule has 1 N–H and O–H groups in total. The van der Waals surface area contributed by atoms with Gasteiger partial charge in [-0.25, -0.2) is 18.0 Å². The fraction of sp³-hybridized carbons (Fsp3) is 0.312. The Labute approximate surface area is 250 Å². The van der Waals surface area contributed by atoms with Gasteiger partial charge in [-0.2, -0.15) is 4.98 Å². The van der Waals surface area contributed by atoms with Gasteiger partial charge in [-0.05, 0) is 49.6 Å². The van der Waals surface area contributed by atoms with Crippen molar-refractivity contribution in [2.24, 2.45) is 0 Å². The number of benzene rings is 2. The van der Waals surface area contributed by atoms with Gasteiger partial charge in [-0.15, -0.1) is 0 Å². The summed E-state index contributed by atoms with van der Waals surface area (Å²) in [4.78, 5) is 38.8. The zero-order chi connectivity index (χ0) is 31.6. The van der Waals surface area contributed by atoms with Gasteiger partial charge < -0.3 is 19.6 Å². The number of carbonyl (C=O) groups is 1. The Morgan fingerprint density at radius 1 is 1.16 bits per heavy atom. The molecule has 9 nitrogen and oxygen atoms in total. The number of rotatable bonds is 4. The van der Waals surface area contributed by atoms with Crippen LogP contribution in [0.25, 0.3) is 27.7 Å². The lowest BCUT2D eigenvalue weighted by Gasteiger charge is -2.45. The summed E-state index contributed by atoms with van der Waals surface area (Å²) in [7, 11) is 0. The first-order chi connectivity index (χ1) is 21.0. The second kappa shape index (κ2) is 10.7. The molecule has 2 aliphatic heterocycles. The Morgan fingerprint density at radius 2 is 1.91 bits per heavy atom. The summed E-state index contributed by atoms with van der Waals surface area (Å²) >= 11 is 0. The van der Waals surface area contributed by atoms with Crippen molar-refractivity contribution in [3.8, 4) is 28.3 Å². The first-order valence-corrected chi connectivity index (χ1v) is 14.2. The summed E-state index contributed by atoms with van der Waals surface area (Å²) in [5.74, 6) is -5.31. The molecule has 0 spiro atoms. The minimum atomic E-state index is -1.28. The quantitative estimate of drug-likeness (QED) is 0.328. The van der Waals surface area contributed by atoms with Crippen LogP contribution in [0.2, 0.25) is 0 Å². The zero-order valence-corrected chi connectivity index (χ0v) is 24.6. The van der Waals surface area contributed by atoms with Crippen LogP contribution in [0.5, 0.6) is 11.5 Å². The van der Waals surface area contributed by atoms with E-state index in [1.807, 2.05) is 13.8 Å². The average molecular weight is 606 g/mol. The van der Waals surface area contributed by atoms with Crippen molar-refractivity contribution in [2.45, 2.75) is 45.7 Å². The number of anilines is 1. The Morgan fingerprint density at radius 3 is 2.59 bits per heavy atom. The number of aromatic nitrogens is 3. The number of amides is 1. The molecular weight excluding hydrogens is 575 g/mol. The molecule has 1 amide bonds. The number of hydrogen-bond acceptors (Lipinski definition) is 7. The van der Waals surface area contributed by atoms with Gasteiger partial charge in [-0.1, -0.05) is 26.5 Å². The second-order valence-electron chi connectivity index (χ2n) is 11.4. The summed E-state index contributed by atoms with van der Waals surface area (Å²) in [5.41, 5.74) is -1.60. The molecule has 6 rings (SSSR count). The zero-order valence-electron chi connectivity index (χ0n) is 24.6. The highest BCUT2D eigenvalue weighted by Gasteiger charge is 2.41. The Balaban J connectivity index is 1.78. The van der Waals surface area contributed by atoms with Crippen LogP contribution >= 0.6 is 0 Å². The summed E-state index contributed by atoms with van der Waals surface area (Å²) in [5, 5.41) is 10.5. The number of aromatic hydroxyl groups is 1. The number of fused-ring (bicyclic) bond motifs is 2. The number of carbonyl (C=O) groups excluding carboxylic acids is 1. The van der Waals surface area contributed by atoms with Gasteiger partial charge >= 0.3 is 5.69 Å². The number of phenols is 1. The molecule has 4 heterocycles. The van der Waals surface area contributed by atoms with Crippen LogP contribution in [0.1, 0.15) is 37.9 Å². The van der Waals surface area contributed by atoms with Gasteiger partial charge in [0.1, 0.15) is 29.5 Å². The largest absolute Gasteiger partial charge is 0.507 e. The third-order valence-corrected chi connectivity index (χ3v) is 8.25. The van der Waals surface area contributed by atoms with Gasteiger partial charge in [0, 0.05) is 25.3 Å². The Bertz CT molecular complexity index is 1900. The van der Waals surface area contributed by atoms with Gasteiger partial charge in [0.2, 0.25) is 5.91 Å². The summed E-state index contributed by atoms with van der Waals surface area (Å²) in [6.45, 7) is 11.0. The van der Waals surface area contributed by atoms with E-state index < -0.39 is 63.4 Å².